The molecule has 1 amide bonds. The Bertz CT molecular complexity index is 1090. The number of carbonyl (C=O) groups is 2. The third kappa shape index (κ3) is 3.85. The topological polar surface area (TPSA) is 55.8 Å². The molecule has 1 aliphatic heterocycles. The summed E-state index contributed by atoms with van der Waals surface area (Å²) in [5.41, 5.74) is 1.32. The van der Waals surface area contributed by atoms with Crippen molar-refractivity contribution in [2.24, 2.45) is 0 Å². The molecule has 168 valence electrons. The van der Waals surface area contributed by atoms with Gasteiger partial charge in [0.25, 0.3) is 0 Å². The maximum absolute atomic E-state index is 13.2. The molecule has 0 saturated heterocycles. The molecule has 32 heavy (non-hydrogen) atoms. The molecule has 0 bridgehead atoms. The standard InChI is InChI=1S/C24H22F3NO4/c1-31-16-10-11-17(21(12-16)32-2)18-13-22(30)28(19-4-3-5-20(29)23(18)19)15-8-6-14(7-9-15)24(25,26)27/h6-12,18H,3-5,13H2,1-2H3. The average Bonchev–Trinajstić information content (AvgIpc) is 2.77. The molecule has 2 aliphatic rings. The fraction of sp³-hybridized carbons (Fsp3) is 0.333. The molecule has 1 aliphatic carbocycles. The van der Waals surface area contributed by atoms with Crippen LogP contribution in [0.4, 0.5) is 18.9 Å². The van der Waals surface area contributed by atoms with E-state index in [1.165, 1.54) is 31.3 Å². The van der Waals surface area contributed by atoms with Gasteiger partial charge < -0.3 is 9.47 Å². The molecule has 0 N–H and O–H groups in total. The number of ether oxygens (including phenoxy) is 2. The van der Waals surface area contributed by atoms with Crippen molar-refractivity contribution in [2.45, 2.75) is 37.8 Å². The zero-order valence-electron chi connectivity index (χ0n) is 17.7. The summed E-state index contributed by atoms with van der Waals surface area (Å²) in [7, 11) is 3.04. The zero-order valence-corrected chi connectivity index (χ0v) is 17.7. The van der Waals surface area contributed by atoms with Crippen molar-refractivity contribution in [1.82, 2.24) is 0 Å². The van der Waals surface area contributed by atoms with Gasteiger partial charge in [0.05, 0.1) is 19.8 Å². The lowest BCUT2D eigenvalue weighted by Gasteiger charge is -2.38. The Kier molecular flexibility index (Phi) is 5.71. The predicted molar refractivity (Wildman–Crippen MR) is 112 cm³/mol. The van der Waals surface area contributed by atoms with Crippen molar-refractivity contribution < 1.29 is 32.2 Å². The van der Waals surface area contributed by atoms with E-state index < -0.39 is 17.7 Å². The van der Waals surface area contributed by atoms with E-state index in [9.17, 15) is 22.8 Å². The number of ketones is 1. The molecule has 1 atom stereocenters. The Morgan fingerprint density at radius 2 is 1.69 bits per heavy atom. The van der Waals surface area contributed by atoms with Crippen LogP contribution in [0, 0.1) is 0 Å². The molecular weight excluding hydrogens is 423 g/mol. The summed E-state index contributed by atoms with van der Waals surface area (Å²) in [6, 6.07) is 9.69. The Hall–Kier alpha value is -3.29. The molecule has 0 saturated carbocycles. The van der Waals surface area contributed by atoms with Gasteiger partial charge in [-0.1, -0.05) is 6.07 Å². The maximum atomic E-state index is 13.2. The van der Waals surface area contributed by atoms with Gasteiger partial charge in [0.2, 0.25) is 5.91 Å². The summed E-state index contributed by atoms with van der Waals surface area (Å²) in [4.78, 5) is 27.6. The minimum absolute atomic E-state index is 0.00822. The van der Waals surface area contributed by atoms with Gasteiger partial charge in [-0.3, -0.25) is 14.5 Å². The van der Waals surface area contributed by atoms with Crippen molar-refractivity contribution in [2.75, 3.05) is 19.1 Å². The number of methoxy groups -OCH3 is 2. The van der Waals surface area contributed by atoms with Gasteiger partial charge in [-0.25, -0.2) is 0 Å². The van der Waals surface area contributed by atoms with Gasteiger partial charge >= 0.3 is 6.18 Å². The van der Waals surface area contributed by atoms with Crippen LogP contribution in [0.25, 0.3) is 0 Å². The van der Waals surface area contributed by atoms with Crippen LogP contribution >= 0.6 is 0 Å². The van der Waals surface area contributed by atoms with Gasteiger partial charge in [0.1, 0.15) is 11.5 Å². The van der Waals surface area contributed by atoms with E-state index in [1.807, 2.05) is 0 Å². The highest BCUT2D eigenvalue weighted by molar-refractivity contribution is 6.07. The highest BCUT2D eigenvalue weighted by atomic mass is 19.4. The van der Waals surface area contributed by atoms with Crippen LogP contribution in [-0.4, -0.2) is 25.9 Å². The average molecular weight is 445 g/mol. The summed E-state index contributed by atoms with van der Waals surface area (Å²) in [5, 5.41) is 0. The lowest BCUT2D eigenvalue weighted by molar-refractivity contribution is -0.137. The third-order valence-corrected chi connectivity index (χ3v) is 5.94. The second-order valence-electron chi connectivity index (χ2n) is 7.78. The zero-order chi connectivity index (χ0) is 23.0. The Labute approximate surface area is 183 Å². The van der Waals surface area contributed by atoms with Crippen molar-refractivity contribution in [3.63, 3.8) is 0 Å². The van der Waals surface area contributed by atoms with E-state index in [4.69, 9.17) is 9.47 Å². The maximum Gasteiger partial charge on any atom is 0.416 e. The van der Waals surface area contributed by atoms with Gasteiger partial charge in [-0.05, 0) is 43.2 Å². The van der Waals surface area contributed by atoms with Gasteiger partial charge in [-0.2, -0.15) is 13.2 Å². The first kappa shape index (κ1) is 21.9. The van der Waals surface area contributed by atoms with Crippen molar-refractivity contribution in [1.29, 1.82) is 0 Å². The lowest BCUT2D eigenvalue weighted by atomic mass is 9.76. The van der Waals surface area contributed by atoms with Crippen molar-refractivity contribution in [3.05, 3.63) is 64.9 Å². The monoisotopic (exact) mass is 445 g/mol. The number of hydrogen-bond donors (Lipinski definition) is 0. The minimum Gasteiger partial charge on any atom is -0.497 e. The Morgan fingerprint density at radius 3 is 2.31 bits per heavy atom. The number of benzene rings is 2. The number of halogens is 3. The van der Waals surface area contributed by atoms with Crippen LogP contribution in [0.3, 0.4) is 0 Å². The van der Waals surface area contributed by atoms with Crippen LogP contribution in [-0.2, 0) is 15.8 Å². The fourth-order valence-corrected chi connectivity index (χ4v) is 4.46. The quantitative estimate of drug-likeness (QED) is 0.645. The van der Waals surface area contributed by atoms with Gasteiger partial charge in [-0.15, -0.1) is 0 Å². The molecule has 1 unspecified atom stereocenters. The smallest absolute Gasteiger partial charge is 0.416 e. The van der Waals surface area contributed by atoms with E-state index in [2.05, 4.69) is 0 Å². The molecule has 0 aromatic heterocycles. The minimum atomic E-state index is -4.47. The van der Waals surface area contributed by atoms with Crippen LogP contribution in [0.15, 0.2) is 53.7 Å². The summed E-state index contributed by atoms with van der Waals surface area (Å²) in [6.45, 7) is 0. The molecule has 0 radical (unpaired) electrons. The first-order valence-electron chi connectivity index (χ1n) is 10.2. The molecular formula is C24H22F3NO4. The number of anilines is 1. The molecule has 5 nitrogen and oxygen atoms in total. The normalized spacial score (nSPS) is 19.2. The van der Waals surface area contributed by atoms with E-state index in [0.717, 1.165) is 12.1 Å². The number of Topliss-reactive ketones (excluding diaryl/α,β-unsaturated/α-hetero) is 1. The van der Waals surface area contributed by atoms with E-state index in [-0.39, 0.29) is 18.1 Å². The first-order valence-corrected chi connectivity index (χ1v) is 10.2. The van der Waals surface area contributed by atoms with Gasteiger partial charge in [0.15, 0.2) is 5.78 Å². The molecule has 0 spiro atoms. The molecule has 2 aromatic carbocycles. The number of alkyl halides is 3. The van der Waals surface area contributed by atoms with Crippen LogP contribution < -0.4 is 14.4 Å². The third-order valence-electron chi connectivity index (χ3n) is 5.94. The number of nitrogens with zero attached hydrogens (tertiary/aromatic N) is 1. The second-order valence-corrected chi connectivity index (χ2v) is 7.78. The van der Waals surface area contributed by atoms with Crippen molar-refractivity contribution in [3.8, 4) is 11.5 Å². The number of rotatable bonds is 4. The predicted octanol–water partition coefficient (Wildman–Crippen LogP) is 5.25. The molecule has 4 rings (SSSR count). The summed E-state index contributed by atoms with van der Waals surface area (Å²) < 4.78 is 49.6. The largest absolute Gasteiger partial charge is 0.497 e. The number of amides is 1. The SMILES string of the molecule is COc1ccc(C2CC(=O)N(c3ccc(C(F)(F)F)cc3)C3=C2C(=O)CCC3)c(OC)c1. The van der Waals surface area contributed by atoms with E-state index >= 15 is 0 Å². The summed E-state index contributed by atoms with van der Waals surface area (Å²) in [5.74, 6) is 0.273. The number of hydrogen-bond acceptors (Lipinski definition) is 4. The summed E-state index contributed by atoms with van der Waals surface area (Å²) >= 11 is 0. The molecule has 1 heterocycles. The van der Waals surface area contributed by atoms with Crippen LogP contribution in [0.2, 0.25) is 0 Å². The molecule has 8 heteroatoms. The summed E-state index contributed by atoms with van der Waals surface area (Å²) in [6.07, 6.45) is -3.03. The fourth-order valence-electron chi connectivity index (χ4n) is 4.46. The molecule has 2 aromatic rings. The molecule has 0 fully saturated rings. The van der Waals surface area contributed by atoms with Gasteiger partial charge in [0, 0.05) is 47.3 Å². The van der Waals surface area contributed by atoms with E-state index in [0.29, 0.717) is 53.3 Å². The Balaban J connectivity index is 1.81. The Morgan fingerprint density at radius 1 is 0.969 bits per heavy atom. The number of allylic oxidation sites excluding steroid dienone is 2. The van der Waals surface area contributed by atoms with Crippen LogP contribution in [0.1, 0.15) is 42.7 Å². The second kappa shape index (κ2) is 8.33. The van der Waals surface area contributed by atoms with Crippen LogP contribution in [0.5, 0.6) is 11.5 Å². The number of carbonyl (C=O) groups excluding carboxylic acids is 2. The highest BCUT2D eigenvalue weighted by Crippen LogP contribution is 2.46. The highest BCUT2D eigenvalue weighted by Gasteiger charge is 2.41. The van der Waals surface area contributed by atoms with Crippen molar-refractivity contribution >= 4 is 17.4 Å². The lowest BCUT2D eigenvalue weighted by Crippen LogP contribution is -2.40. The first-order chi connectivity index (χ1) is 15.2. The van der Waals surface area contributed by atoms with E-state index in [1.54, 1.807) is 18.2 Å².